The van der Waals surface area contributed by atoms with Crippen LogP contribution in [0.4, 0.5) is 9.05 Å². The van der Waals surface area contributed by atoms with Crippen LogP contribution in [0.2, 0.25) is 0 Å². The fourth-order valence-electron chi connectivity index (χ4n) is 0.0814. The van der Waals surface area contributed by atoms with Crippen molar-refractivity contribution in [2.24, 2.45) is 0 Å². The Morgan fingerprint density at radius 3 is 1.70 bits per heavy atom. The predicted octanol–water partition coefficient (Wildman–Crippen LogP) is -2.88. The van der Waals surface area contributed by atoms with Gasteiger partial charge in [-0.1, -0.05) is 0 Å². The molecule has 0 N–H and O–H groups in total. The van der Waals surface area contributed by atoms with Gasteiger partial charge in [0.05, 0.1) is 0 Å². The average Bonchev–Trinajstić information content (AvgIpc) is 1.64. The summed E-state index contributed by atoms with van der Waals surface area (Å²) in [5.41, 5.74) is 0. The zero-order valence-corrected chi connectivity index (χ0v) is 5.55. The molecule has 0 rings (SSSR count). The zero-order valence-electron chi connectivity index (χ0n) is 4.65. The molecule has 0 aliphatic heterocycles. The molecule has 0 saturated heterocycles. The smallest absolute Gasteiger partial charge is 0.753 e. The first-order valence-electron chi connectivity index (χ1n) is 1.37. The maximum Gasteiger partial charge on any atom is 1.00 e. The third-order valence-electron chi connectivity index (χ3n) is 0.239. The molecule has 0 heterocycles. The molecule has 0 spiro atoms. The Kier molecular flexibility index (Phi) is 8.14. The zero-order chi connectivity index (χ0) is 7.33. The summed E-state index contributed by atoms with van der Waals surface area (Å²) in [6.45, 7) is 0. The Balaban J connectivity index is 0. The van der Waals surface area contributed by atoms with Gasteiger partial charge in [-0.2, -0.15) is 0 Å². The van der Waals surface area contributed by atoms with Crippen molar-refractivity contribution in [2.75, 3.05) is 0 Å². The second-order valence-corrected chi connectivity index (χ2v) is 1.91. The average molecular weight is 172 g/mol. The Labute approximate surface area is 65.5 Å². The van der Waals surface area contributed by atoms with Crippen molar-refractivity contribution in [3.63, 3.8) is 0 Å². The van der Waals surface area contributed by atoms with Gasteiger partial charge in [-0.25, -0.2) is 0 Å². The van der Waals surface area contributed by atoms with Crippen molar-refractivity contribution in [3.8, 4) is 0 Å². The van der Waals surface area contributed by atoms with Crippen LogP contribution in [0.3, 0.4) is 0 Å². The SMILES string of the molecule is O=P([O-])(OOF)OOF.[Li+]. The minimum absolute atomic E-state index is 0. The van der Waals surface area contributed by atoms with E-state index in [2.05, 4.69) is 19.5 Å². The molecule has 0 aromatic carbocycles. The van der Waals surface area contributed by atoms with E-state index in [9.17, 15) is 18.5 Å². The van der Waals surface area contributed by atoms with Crippen LogP contribution in [0, 0.1) is 0 Å². The summed E-state index contributed by atoms with van der Waals surface area (Å²) in [5.74, 6) is 0. The van der Waals surface area contributed by atoms with E-state index in [1.54, 1.807) is 0 Å². The number of rotatable bonds is 4. The number of phosphoric acid groups is 1. The number of hydrogen-bond acceptors (Lipinski definition) is 6. The van der Waals surface area contributed by atoms with Gasteiger partial charge in [0.15, 0.2) is 0 Å². The van der Waals surface area contributed by atoms with E-state index < -0.39 is 7.82 Å². The standard InChI is InChI=1S/F2HO6P.Li/c1-5-7-9(3,4)8-6-2;/h(H,3,4);/q;+1/p-1. The van der Waals surface area contributed by atoms with Crippen LogP contribution in [0.15, 0.2) is 0 Å². The van der Waals surface area contributed by atoms with E-state index in [0.717, 1.165) is 0 Å². The van der Waals surface area contributed by atoms with Crippen LogP contribution in [0.1, 0.15) is 0 Å². The molecule has 0 bridgehead atoms. The Morgan fingerprint density at radius 1 is 1.20 bits per heavy atom. The molecule has 0 aromatic heterocycles. The summed E-state index contributed by atoms with van der Waals surface area (Å²) in [5, 5.41) is 4.22. The molecule has 0 fully saturated rings. The van der Waals surface area contributed by atoms with Gasteiger partial charge >= 0.3 is 26.7 Å². The molecule has 0 saturated carbocycles. The fraction of sp³-hybridized carbons (Fsp3) is 0. The summed E-state index contributed by atoms with van der Waals surface area (Å²) >= 11 is 0. The van der Waals surface area contributed by atoms with Gasteiger partial charge in [0.2, 0.25) is 0 Å². The van der Waals surface area contributed by atoms with Crippen molar-refractivity contribution in [1.82, 2.24) is 0 Å². The normalized spacial score (nSPS) is 10.7. The minimum atomic E-state index is -5.14. The van der Waals surface area contributed by atoms with Crippen LogP contribution in [0.25, 0.3) is 0 Å². The van der Waals surface area contributed by atoms with Crippen molar-refractivity contribution in [1.29, 1.82) is 0 Å². The van der Waals surface area contributed by atoms with Crippen molar-refractivity contribution in [3.05, 3.63) is 0 Å². The van der Waals surface area contributed by atoms with E-state index in [1.165, 1.54) is 0 Å². The van der Waals surface area contributed by atoms with Gasteiger partial charge in [0.25, 0.3) is 0 Å². The van der Waals surface area contributed by atoms with Gasteiger partial charge in [0.1, 0.15) is 0 Å². The third-order valence-corrected chi connectivity index (χ3v) is 0.717. The summed E-state index contributed by atoms with van der Waals surface area (Å²) in [6, 6.07) is 0. The number of hydrogen-bond donors (Lipinski definition) is 0. The maximum atomic E-state index is 10.5. The Hall–Kier alpha value is 0.487. The van der Waals surface area contributed by atoms with Gasteiger partial charge in [-0.05, 0) is 19.2 Å². The molecule has 0 radical (unpaired) electrons. The van der Waals surface area contributed by atoms with Crippen molar-refractivity contribution >= 4 is 7.82 Å². The van der Waals surface area contributed by atoms with Crippen LogP contribution >= 0.6 is 7.82 Å². The molecule has 10 heavy (non-hydrogen) atoms. The molecule has 0 aliphatic carbocycles. The predicted molar refractivity (Wildman–Crippen MR) is 14.2 cm³/mol. The van der Waals surface area contributed by atoms with E-state index >= 15 is 0 Å². The third kappa shape index (κ3) is 6.61. The van der Waals surface area contributed by atoms with Crippen molar-refractivity contribution in [2.45, 2.75) is 0 Å². The first-order valence-corrected chi connectivity index (χ1v) is 2.83. The molecule has 0 atom stereocenters. The van der Waals surface area contributed by atoms with Crippen LogP contribution in [-0.2, 0) is 24.1 Å². The van der Waals surface area contributed by atoms with Gasteiger partial charge < -0.3 is 4.89 Å². The molecule has 10 heteroatoms. The van der Waals surface area contributed by atoms with Gasteiger partial charge in [-0.3, -0.25) is 4.57 Å². The monoisotopic (exact) mass is 172 g/mol. The van der Waals surface area contributed by atoms with Crippen molar-refractivity contribution < 1.29 is 56.9 Å². The second-order valence-electron chi connectivity index (χ2n) is 0.722. The van der Waals surface area contributed by atoms with E-state index in [4.69, 9.17) is 0 Å². The van der Waals surface area contributed by atoms with Gasteiger partial charge in [-0.15, -0.1) is 9.35 Å². The summed E-state index contributed by atoms with van der Waals surface area (Å²) < 4.78 is 36.0. The van der Waals surface area contributed by atoms with E-state index in [0.29, 0.717) is 0 Å². The minimum Gasteiger partial charge on any atom is -0.753 e. The van der Waals surface area contributed by atoms with Crippen LogP contribution in [0.5, 0.6) is 0 Å². The summed E-state index contributed by atoms with van der Waals surface area (Å²) in [7, 11) is -5.14. The van der Waals surface area contributed by atoms with Gasteiger partial charge in [0, 0.05) is 0 Å². The first-order chi connectivity index (χ1) is 4.12. The largest absolute Gasteiger partial charge is 1.00 e. The molecular formula is F2LiO6P. The molecule has 0 amide bonds. The molecule has 6 nitrogen and oxygen atoms in total. The van der Waals surface area contributed by atoms with E-state index in [1.807, 2.05) is 0 Å². The summed E-state index contributed by atoms with van der Waals surface area (Å²) in [6.07, 6.45) is 0. The molecule has 0 aliphatic rings. The topological polar surface area (TPSA) is 77.1 Å². The fourth-order valence-corrected chi connectivity index (χ4v) is 0.244. The van der Waals surface area contributed by atoms with Crippen LogP contribution < -0.4 is 23.8 Å². The number of halogens is 2. The first kappa shape index (κ1) is 13.1. The Bertz CT molecular complexity index is 106. The second kappa shape index (κ2) is 6.21. The quantitative estimate of drug-likeness (QED) is 0.196. The summed E-state index contributed by atoms with van der Waals surface area (Å²) in [4.78, 5) is 9.68. The maximum absolute atomic E-state index is 10.5. The van der Waals surface area contributed by atoms with E-state index in [-0.39, 0.29) is 18.9 Å². The molecular weight excluding hydrogens is 172 g/mol. The molecule has 56 valence electrons. The molecule has 0 aromatic rings. The Morgan fingerprint density at radius 2 is 1.50 bits per heavy atom. The van der Waals surface area contributed by atoms with Crippen LogP contribution in [-0.4, -0.2) is 0 Å². The molecule has 0 unspecified atom stereocenters.